The zero-order valence-corrected chi connectivity index (χ0v) is 21.9. The first-order valence-electron chi connectivity index (χ1n) is 11.2. The van der Waals surface area contributed by atoms with Crippen LogP contribution in [-0.2, 0) is 11.3 Å². The number of pyridine rings is 2. The van der Waals surface area contributed by atoms with E-state index in [1.807, 2.05) is 66.1 Å². The summed E-state index contributed by atoms with van der Waals surface area (Å²) < 4.78 is 9.21. The minimum atomic E-state index is -0.566. The van der Waals surface area contributed by atoms with E-state index in [4.69, 9.17) is 19.7 Å². The molecule has 179 valence electrons. The van der Waals surface area contributed by atoms with Crippen molar-refractivity contribution in [2.24, 2.45) is 0 Å². The molecule has 5 rings (SSSR count). The Bertz CT molecular complexity index is 1550. The molecular formula is C26H23AsN7O2. The molecule has 0 spiro atoms. The Morgan fingerprint density at radius 2 is 1.89 bits per heavy atom. The summed E-state index contributed by atoms with van der Waals surface area (Å²) >= 11 is -0.566. The van der Waals surface area contributed by atoms with Crippen molar-refractivity contribution in [1.82, 2.24) is 29.5 Å². The number of aryl methyl sites for hydroxylation is 1. The predicted octanol–water partition coefficient (Wildman–Crippen LogP) is 2.26. The van der Waals surface area contributed by atoms with Gasteiger partial charge in [-0.1, -0.05) is 0 Å². The van der Waals surface area contributed by atoms with Gasteiger partial charge in [-0.2, -0.15) is 0 Å². The van der Waals surface area contributed by atoms with Crippen molar-refractivity contribution < 1.29 is 9.53 Å². The van der Waals surface area contributed by atoms with Gasteiger partial charge in [-0.3, -0.25) is 0 Å². The number of benzene rings is 1. The number of fused-ring (bicyclic) bond motifs is 1. The molecule has 36 heavy (non-hydrogen) atoms. The molecule has 9 nitrogen and oxygen atoms in total. The van der Waals surface area contributed by atoms with E-state index in [-0.39, 0.29) is 5.91 Å². The van der Waals surface area contributed by atoms with E-state index in [0.717, 1.165) is 37.0 Å². The van der Waals surface area contributed by atoms with Crippen molar-refractivity contribution in [3.8, 4) is 17.3 Å². The van der Waals surface area contributed by atoms with Gasteiger partial charge >= 0.3 is 215 Å². The van der Waals surface area contributed by atoms with E-state index in [2.05, 4.69) is 15.3 Å². The van der Waals surface area contributed by atoms with E-state index in [9.17, 15) is 4.79 Å². The van der Waals surface area contributed by atoms with Crippen molar-refractivity contribution in [2.75, 3.05) is 12.4 Å². The molecule has 0 aliphatic heterocycles. The first-order chi connectivity index (χ1) is 17.5. The van der Waals surface area contributed by atoms with Crippen molar-refractivity contribution in [3.63, 3.8) is 0 Å². The quantitative estimate of drug-likeness (QED) is 0.316. The van der Waals surface area contributed by atoms with Crippen LogP contribution in [0, 0.1) is 6.92 Å². The zero-order chi connectivity index (χ0) is 25.1. The number of anilines is 1. The zero-order valence-electron chi connectivity index (χ0n) is 20.0. The maximum atomic E-state index is 11.5. The Balaban J connectivity index is 1.58. The number of hydrogen-bond acceptors (Lipinski definition) is 7. The monoisotopic (exact) mass is 540 g/mol. The number of rotatable bonds is 7. The Labute approximate surface area is 214 Å². The number of methoxy groups -OCH3 is 1. The topological polar surface area (TPSA) is 108 Å². The van der Waals surface area contributed by atoms with Gasteiger partial charge in [-0.15, -0.1) is 0 Å². The molecule has 5 aromatic rings. The Kier molecular flexibility index (Phi) is 6.73. The molecule has 0 unspecified atom stereocenters. The second kappa shape index (κ2) is 10.3. The van der Waals surface area contributed by atoms with Gasteiger partial charge in [0.05, 0.1) is 0 Å². The normalized spacial score (nSPS) is 11.3. The van der Waals surface area contributed by atoms with Crippen LogP contribution in [0.4, 0.5) is 5.82 Å². The molecule has 4 heterocycles. The van der Waals surface area contributed by atoms with Crippen molar-refractivity contribution in [3.05, 3.63) is 78.4 Å². The molecule has 0 fully saturated rings. The number of aromatic nitrogens is 6. The Morgan fingerprint density at radius 3 is 2.64 bits per heavy atom. The molecule has 0 bridgehead atoms. The fourth-order valence-electron chi connectivity index (χ4n) is 3.69. The predicted molar refractivity (Wildman–Crippen MR) is 139 cm³/mol. The average Bonchev–Trinajstić information content (AvgIpc) is 3.27. The van der Waals surface area contributed by atoms with Crippen LogP contribution in [0.5, 0.6) is 5.75 Å². The van der Waals surface area contributed by atoms with Crippen LogP contribution in [0.3, 0.4) is 0 Å². The van der Waals surface area contributed by atoms with Crippen molar-refractivity contribution >= 4 is 47.5 Å². The standard InChI is InChI=1S/C26H23AsN7O2/c1-16-5-4-6-21(30-16)25-32-24(27-19-11-12-28-22(13-19)31-17(2)35)23-26(33-25)34(15-29-23)14-18-7-9-20(36-3)10-8-18/h4-13,15H,14H2,1-3H3,(H,28,31,35). The number of carbonyl (C=O) groups excluding carboxylic acids is 1. The van der Waals surface area contributed by atoms with Crippen molar-refractivity contribution in [1.29, 1.82) is 0 Å². The SMILES string of the molecule is COc1ccc(Cn2cnc3c([As]c4ccnc(NC(C)=O)c4)nc(-c4cccc(C)n4)nc32)cc1. The van der Waals surface area contributed by atoms with Gasteiger partial charge in [0, 0.05) is 0 Å². The molecule has 0 aliphatic carbocycles. The second-order valence-electron chi connectivity index (χ2n) is 8.12. The molecule has 4 aromatic heterocycles. The number of hydrogen-bond donors (Lipinski definition) is 1. The molecule has 0 aliphatic rings. The Hall–Kier alpha value is -4.10. The second-order valence-corrected chi connectivity index (χ2v) is 10.6. The molecule has 0 saturated heterocycles. The molecule has 1 radical (unpaired) electrons. The van der Waals surface area contributed by atoms with Crippen LogP contribution in [0.1, 0.15) is 18.2 Å². The summed E-state index contributed by atoms with van der Waals surface area (Å²) in [5.41, 5.74) is 4.23. The van der Waals surface area contributed by atoms with E-state index < -0.39 is 15.8 Å². The molecule has 0 atom stereocenters. The summed E-state index contributed by atoms with van der Waals surface area (Å²) in [6, 6.07) is 17.6. The van der Waals surface area contributed by atoms with Gasteiger partial charge in [0.15, 0.2) is 0 Å². The molecule has 1 amide bonds. The van der Waals surface area contributed by atoms with Crippen LogP contribution in [-0.4, -0.2) is 58.3 Å². The molecule has 0 saturated carbocycles. The van der Waals surface area contributed by atoms with Crippen molar-refractivity contribution in [2.45, 2.75) is 20.4 Å². The van der Waals surface area contributed by atoms with Gasteiger partial charge < -0.3 is 0 Å². The summed E-state index contributed by atoms with van der Waals surface area (Å²) in [7, 11) is 1.66. The summed E-state index contributed by atoms with van der Waals surface area (Å²) in [5, 5.41) is 2.74. The van der Waals surface area contributed by atoms with Crippen LogP contribution in [0.2, 0.25) is 0 Å². The third-order valence-electron chi connectivity index (χ3n) is 5.36. The molecule has 1 N–H and O–H groups in total. The van der Waals surface area contributed by atoms with Gasteiger partial charge in [0.2, 0.25) is 0 Å². The van der Waals surface area contributed by atoms with E-state index in [1.54, 1.807) is 19.6 Å². The van der Waals surface area contributed by atoms with E-state index >= 15 is 0 Å². The number of carbonyl (C=O) groups is 1. The molecule has 10 heteroatoms. The van der Waals surface area contributed by atoms with Crippen LogP contribution >= 0.6 is 0 Å². The fourth-order valence-corrected chi connectivity index (χ4v) is 5.75. The first kappa shape index (κ1) is 23.6. The van der Waals surface area contributed by atoms with E-state index in [0.29, 0.717) is 23.9 Å². The first-order valence-corrected chi connectivity index (χ1v) is 13.1. The van der Waals surface area contributed by atoms with Crippen LogP contribution < -0.4 is 18.9 Å². The average molecular weight is 540 g/mol. The number of nitrogens with one attached hydrogen (secondary N) is 1. The van der Waals surface area contributed by atoms with Gasteiger partial charge in [-0.25, -0.2) is 0 Å². The van der Waals surface area contributed by atoms with Gasteiger partial charge in [-0.05, 0) is 0 Å². The number of amides is 1. The number of ether oxygens (including phenoxy) is 1. The summed E-state index contributed by atoms with van der Waals surface area (Å²) in [6.07, 6.45) is 3.50. The van der Waals surface area contributed by atoms with E-state index in [1.165, 1.54) is 6.92 Å². The molecule has 1 aromatic carbocycles. The summed E-state index contributed by atoms with van der Waals surface area (Å²) in [6.45, 7) is 4.02. The molecular weight excluding hydrogens is 517 g/mol. The third kappa shape index (κ3) is 5.26. The summed E-state index contributed by atoms with van der Waals surface area (Å²) in [5.74, 6) is 1.73. The minimum absolute atomic E-state index is 0.162. The Morgan fingerprint density at radius 1 is 1.06 bits per heavy atom. The number of nitrogens with zero attached hydrogens (tertiary/aromatic N) is 6. The third-order valence-corrected chi connectivity index (χ3v) is 7.58. The fraction of sp³-hybridized carbons (Fsp3) is 0.154. The number of imidazole rings is 1. The van der Waals surface area contributed by atoms with Crippen LogP contribution in [0.25, 0.3) is 22.7 Å². The van der Waals surface area contributed by atoms with Crippen LogP contribution in [0.15, 0.2) is 67.1 Å². The summed E-state index contributed by atoms with van der Waals surface area (Å²) in [4.78, 5) is 34.9. The van der Waals surface area contributed by atoms with Gasteiger partial charge in [0.25, 0.3) is 0 Å². The van der Waals surface area contributed by atoms with Gasteiger partial charge in [0.1, 0.15) is 0 Å². The maximum absolute atomic E-state index is 11.5.